The molecule has 1 atom stereocenters. The average Bonchev–Trinajstić information content (AvgIpc) is 3.43. The van der Waals surface area contributed by atoms with Crippen molar-refractivity contribution in [3.8, 4) is 5.75 Å². The third-order valence-electron chi connectivity index (χ3n) is 6.05. The highest BCUT2D eigenvalue weighted by Crippen LogP contribution is 2.32. The molecule has 1 unspecified atom stereocenters. The molecule has 2 aliphatic heterocycles. The third-order valence-corrected chi connectivity index (χ3v) is 6.60. The zero-order valence-electron chi connectivity index (χ0n) is 18.0. The van der Waals surface area contributed by atoms with Crippen molar-refractivity contribution >= 4 is 23.2 Å². The van der Waals surface area contributed by atoms with Crippen LogP contribution in [0.4, 0.5) is 13.2 Å². The van der Waals surface area contributed by atoms with Gasteiger partial charge in [-0.05, 0) is 26.0 Å². The first-order valence-electron chi connectivity index (χ1n) is 10.5. The Morgan fingerprint density at radius 1 is 1.33 bits per heavy atom. The number of aromatic nitrogens is 3. The van der Waals surface area contributed by atoms with Crippen molar-refractivity contribution in [3.05, 3.63) is 57.2 Å². The Kier molecular flexibility index (Phi) is 5.24. The molecule has 2 aromatic heterocycles. The molecule has 33 heavy (non-hydrogen) atoms. The summed E-state index contributed by atoms with van der Waals surface area (Å²) in [6, 6.07) is 3.04. The molecule has 5 rings (SSSR count). The van der Waals surface area contributed by atoms with Gasteiger partial charge in [-0.3, -0.25) is 4.79 Å². The lowest BCUT2D eigenvalue weighted by molar-refractivity contribution is 0.0195. The zero-order valence-corrected chi connectivity index (χ0v) is 18.7. The molecule has 4 heterocycles. The monoisotopic (exact) mass is 479 g/mol. The van der Waals surface area contributed by atoms with Crippen LogP contribution in [0.2, 0.25) is 5.02 Å². The quantitative estimate of drug-likeness (QED) is 0.618. The van der Waals surface area contributed by atoms with Crippen molar-refractivity contribution in [1.82, 2.24) is 24.8 Å². The molecule has 1 saturated heterocycles. The standard InChI is InChI=1S/C22H21ClF3N5O2/c1-11-19(23)12(2)31-20(28-11)16-7-30(8-17(16)29-31)21(32)15-4-3-13(24)5-18(15)33-9-14-6-22(25,26)10-27-14/h3-5,14,27H,6-10H2,1-2H3. The lowest BCUT2D eigenvalue weighted by atomic mass is 10.1. The number of aryl methyl sites for hydroxylation is 2. The molecular weight excluding hydrogens is 459 g/mol. The Morgan fingerprint density at radius 3 is 2.85 bits per heavy atom. The van der Waals surface area contributed by atoms with Crippen LogP contribution in [-0.2, 0) is 13.1 Å². The highest BCUT2D eigenvalue weighted by molar-refractivity contribution is 6.31. The molecule has 1 aromatic carbocycles. The molecule has 7 nitrogen and oxygen atoms in total. The fraction of sp³-hybridized carbons (Fsp3) is 0.409. The summed E-state index contributed by atoms with van der Waals surface area (Å²) in [5.74, 6) is -3.73. The Labute approximate surface area is 192 Å². The number of fused-ring (bicyclic) bond motifs is 3. The lowest BCUT2D eigenvalue weighted by Gasteiger charge is -2.19. The number of carbonyl (C=O) groups excluding carboxylic acids is 1. The van der Waals surface area contributed by atoms with Crippen LogP contribution in [0.1, 0.15) is 39.4 Å². The van der Waals surface area contributed by atoms with E-state index in [9.17, 15) is 18.0 Å². The van der Waals surface area contributed by atoms with Gasteiger partial charge in [0.1, 0.15) is 18.2 Å². The number of hydrogen-bond donors (Lipinski definition) is 1. The van der Waals surface area contributed by atoms with E-state index in [-0.39, 0.29) is 43.3 Å². The van der Waals surface area contributed by atoms with Crippen molar-refractivity contribution < 1.29 is 22.7 Å². The minimum atomic E-state index is -2.80. The van der Waals surface area contributed by atoms with Crippen LogP contribution in [0.5, 0.6) is 5.75 Å². The predicted octanol–water partition coefficient (Wildman–Crippen LogP) is 3.67. The molecule has 0 aliphatic carbocycles. The van der Waals surface area contributed by atoms with Gasteiger partial charge in [0.25, 0.3) is 11.8 Å². The Morgan fingerprint density at radius 2 is 2.12 bits per heavy atom. The first kappa shape index (κ1) is 22.0. The summed E-state index contributed by atoms with van der Waals surface area (Å²) in [6.07, 6.45) is -0.372. The molecule has 11 heteroatoms. The van der Waals surface area contributed by atoms with Crippen molar-refractivity contribution in [2.45, 2.75) is 45.3 Å². The number of nitrogens with one attached hydrogen (secondary N) is 1. The molecule has 0 bridgehead atoms. The molecule has 2 aliphatic rings. The minimum Gasteiger partial charge on any atom is -0.491 e. The molecule has 174 valence electrons. The number of alkyl halides is 2. The van der Waals surface area contributed by atoms with Gasteiger partial charge in [0.2, 0.25) is 0 Å². The molecular formula is C22H21ClF3N5O2. The van der Waals surface area contributed by atoms with Gasteiger partial charge in [-0.25, -0.2) is 22.7 Å². The van der Waals surface area contributed by atoms with Crippen LogP contribution >= 0.6 is 11.6 Å². The van der Waals surface area contributed by atoms with Gasteiger partial charge < -0.3 is 15.0 Å². The van der Waals surface area contributed by atoms with Crippen molar-refractivity contribution in [2.75, 3.05) is 13.2 Å². The Hall–Kier alpha value is -2.85. The minimum absolute atomic E-state index is 0.0207. The summed E-state index contributed by atoms with van der Waals surface area (Å²) >= 11 is 6.28. The zero-order chi connectivity index (χ0) is 23.5. The highest BCUT2D eigenvalue weighted by Gasteiger charge is 2.39. The van der Waals surface area contributed by atoms with Gasteiger partial charge >= 0.3 is 0 Å². The summed E-state index contributed by atoms with van der Waals surface area (Å²) in [4.78, 5) is 19.4. The van der Waals surface area contributed by atoms with E-state index >= 15 is 0 Å². The summed E-state index contributed by atoms with van der Waals surface area (Å²) in [6.45, 7) is 3.66. The summed E-state index contributed by atoms with van der Waals surface area (Å²) in [5, 5.41) is 7.79. The van der Waals surface area contributed by atoms with Gasteiger partial charge in [-0.1, -0.05) is 11.6 Å². The summed E-state index contributed by atoms with van der Waals surface area (Å²) in [5.41, 5.74) is 3.78. The molecule has 0 saturated carbocycles. The fourth-order valence-corrected chi connectivity index (χ4v) is 4.45. The van der Waals surface area contributed by atoms with Gasteiger partial charge in [-0.2, -0.15) is 5.10 Å². The van der Waals surface area contributed by atoms with E-state index in [1.807, 2.05) is 13.8 Å². The maximum Gasteiger partial charge on any atom is 0.261 e. The van der Waals surface area contributed by atoms with E-state index in [4.69, 9.17) is 16.3 Å². The van der Waals surface area contributed by atoms with Crippen LogP contribution in [0.15, 0.2) is 18.2 Å². The van der Waals surface area contributed by atoms with Crippen molar-refractivity contribution in [1.29, 1.82) is 0 Å². The van der Waals surface area contributed by atoms with Gasteiger partial charge in [0.05, 0.1) is 47.3 Å². The van der Waals surface area contributed by atoms with E-state index in [0.717, 1.165) is 17.3 Å². The number of carbonyl (C=O) groups is 1. The van der Waals surface area contributed by atoms with E-state index in [0.29, 0.717) is 22.1 Å². The first-order valence-corrected chi connectivity index (χ1v) is 10.9. The second-order valence-corrected chi connectivity index (χ2v) is 8.89. The third kappa shape index (κ3) is 3.91. The van der Waals surface area contributed by atoms with Gasteiger partial charge in [0, 0.05) is 24.1 Å². The normalized spacial score (nSPS) is 19.3. The van der Waals surface area contributed by atoms with Crippen LogP contribution in [0.25, 0.3) is 5.65 Å². The van der Waals surface area contributed by atoms with E-state index in [1.54, 1.807) is 9.42 Å². The van der Waals surface area contributed by atoms with Crippen LogP contribution in [-0.4, -0.2) is 50.5 Å². The molecule has 0 spiro atoms. The number of benzene rings is 1. The highest BCUT2D eigenvalue weighted by atomic mass is 35.5. The fourth-order valence-electron chi connectivity index (χ4n) is 4.33. The second kappa shape index (κ2) is 7.88. The van der Waals surface area contributed by atoms with Gasteiger partial charge in [0.15, 0.2) is 5.65 Å². The SMILES string of the molecule is Cc1nc2c3c(nn2c(C)c1Cl)CN(C(=O)c1ccc(F)cc1OCC1CC(F)(F)CN1)C3. The first-order chi connectivity index (χ1) is 15.6. The van der Waals surface area contributed by atoms with Crippen molar-refractivity contribution in [2.24, 2.45) is 0 Å². The second-order valence-electron chi connectivity index (χ2n) is 8.51. The van der Waals surface area contributed by atoms with Crippen molar-refractivity contribution in [3.63, 3.8) is 0 Å². The Bertz CT molecular complexity index is 1280. The van der Waals surface area contributed by atoms with Crippen LogP contribution in [0.3, 0.4) is 0 Å². The lowest BCUT2D eigenvalue weighted by Crippen LogP contribution is -2.30. The number of ether oxygens (including phenoxy) is 1. The number of hydrogen-bond acceptors (Lipinski definition) is 5. The van der Waals surface area contributed by atoms with Crippen LogP contribution in [0, 0.1) is 19.7 Å². The molecule has 1 N–H and O–H groups in total. The number of amides is 1. The maximum absolute atomic E-state index is 13.9. The number of rotatable bonds is 4. The van der Waals surface area contributed by atoms with E-state index in [1.165, 1.54) is 12.1 Å². The molecule has 0 radical (unpaired) electrons. The molecule has 1 amide bonds. The summed E-state index contributed by atoms with van der Waals surface area (Å²) < 4.78 is 48.0. The van der Waals surface area contributed by atoms with E-state index in [2.05, 4.69) is 15.4 Å². The topological polar surface area (TPSA) is 71.8 Å². The maximum atomic E-state index is 13.9. The average molecular weight is 480 g/mol. The predicted molar refractivity (Wildman–Crippen MR) is 114 cm³/mol. The largest absolute Gasteiger partial charge is 0.491 e. The van der Waals surface area contributed by atoms with E-state index < -0.39 is 24.3 Å². The summed E-state index contributed by atoms with van der Waals surface area (Å²) in [7, 11) is 0. The van der Waals surface area contributed by atoms with Gasteiger partial charge in [-0.15, -0.1) is 0 Å². The molecule has 3 aromatic rings. The number of nitrogens with zero attached hydrogens (tertiary/aromatic N) is 4. The molecule has 1 fully saturated rings. The van der Waals surface area contributed by atoms with Crippen LogP contribution < -0.4 is 10.1 Å². The Balaban J connectivity index is 1.37. The smallest absolute Gasteiger partial charge is 0.261 e. The number of halogens is 4.